The molecule has 1 heteroatoms. The fourth-order valence-electron chi connectivity index (χ4n) is 2.10. The lowest BCUT2D eigenvalue weighted by atomic mass is 10.0. The second-order valence-corrected chi connectivity index (χ2v) is 4.09. The standard InChI is InChI=1S/C13H17N/c1-10(14)6-7-12-9-8-11-4-2-3-5-13(11)12/h2-7,10,12H,8-9,14H2,1H3/b7-6+. The molecule has 1 aromatic carbocycles. The van der Waals surface area contributed by atoms with Gasteiger partial charge in [0.15, 0.2) is 0 Å². The Balaban J connectivity index is 2.18. The van der Waals surface area contributed by atoms with Gasteiger partial charge < -0.3 is 5.73 Å². The Kier molecular flexibility index (Phi) is 2.69. The first-order chi connectivity index (χ1) is 6.77. The fourth-order valence-corrected chi connectivity index (χ4v) is 2.10. The molecule has 1 aliphatic carbocycles. The Morgan fingerprint density at radius 3 is 3.00 bits per heavy atom. The molecule has 2 rings (SSSR count). The second kappa shape index (κ2) is 3.97. The van der Waals surface area contributed by atoms with Crippen LogP contribution in [0.5, 0.6) is 0 Å². The van der Waals surface area contributed by atoms with E-state index in [-0.39, 0.29) is 6.04 Å². The third kappa shape index (κ3) is 1.88. The molecule has 74 valence electrons. The molecule has 2 N–H and O–H groups in total. The van der Waals surface area contributed by atoms with Gasteiger partial charge in [0.2, 0.25) is 0 Å². The molecule has 0 aromatic heterocycles. The van der Waals surface area contributed by atoms with Gasteiger partial charge in [0.05, 0.1) is 0 Å². The number of fused-ring (bicyclic) bond motifs is 1. The molecule has 2 atom stereocenters. The molecule has 0 amide bonds. The molecule has 0 spiro atoms. The van der Waals surface area contributed by atoms with Gasteiger partial charge in [0.1, 0.15) is 0 Å². The lowest BCUT2D eigenvalue weighted by Gasteiger charge is -2.06. The zero-order valence-electron chi connectivity index (χ0n) is 8.61. The number of hydrogen-bond donors (Lipinski definition) is 1. The molecular formula is C13H17N. The predicted octanol–water partition coefficient (Wildman–Crippen LogP) is 2.62. The Labute approximate surface area is 85.6 Å². The molecule has 0 saturated carbocycles. The van der Waals surface area contributed by atoms with Gasteiger partial charge >= 0.3 is 0 Å². The van der Waals surface area contributed by atoms with Gasteiger partial charge in [-0.3, -0.25) is 0 Å². The highest BCUT2D eigenvalue weighted by atomic mass is 14.6. The lowest BCUT2D eigenvalue weighted by Crippen LogP contribution is -2.10. The first-order valence-electron chi connectivity index (χ1n) is 5.29. The first kappa shape index (κ1) is 9.47. The topological polar surface area (TPSA) is 26.0 Å². The minimum atomic E-state index is 0.169. The van der Waals surface area contributed by atoms with Gasteiger partial charge in [-0.2, -0.15) is 0 Å². The predicted molar refractivity (Wildman–Crippen MR) is 60.3 cm³/mol. The van der Waals surface area contributed by atoms with Crippen molar-refractivity contribution in [3.63, 3.8) is 0 Å². The van der Waals surface area contributed by atoms with Crippen molar-refractivity contribution in [2.45, 2.75) is 31.7 Å². The second-order valence-electron chi connectivity index (χ2n) is 4.09. The van der Waals surface area contributed by atoms with Crippen LogP contribution in [0.2, 0.25) is 0 Å². The van der Waals surface area contributed by atoms with Crippen LogP contribution in [0.25, 0.3) is 0 Å². The summed E-state index contributed by atoms with van der Waals surface area (Å²) in [6, 6.07) is 8.88. The molecule has 14 heavy (non-hydrogen) atoms. The zero-order chi connectivity index (χ0) is 9.97. The highest BCUT2D eigenvalue weighted by Crippen LogP contribution is 2.33. The van der Waals surface area contributed by atoms with Crippen LogP contribution in [0.1, 0.15) is 30.4 Å². The van der Waals surface area contributed by atoms with E-state index in [2.05, 4.69) is 36.4 Å². The summed E-state index contributed by atoms with van der Waals surface area (Å²) in [5, 5.41) is 0. The van der Waals surface area contributed by atoms with Crippen LogP contribution >= 0.6 is 0 Å². The molecule has 0 radical (unpaired) electrons. The van der Waals surface area contributed by atoms with Gasteiger partial charge in [0.25, 0.3) is 0 Å². The van der Waals surface area contributed by atoms with Crippen LogP contribution in [0.3, 0.4) is 0 Å². The molecule has 0 bridgehead atoms. The summed E-state index contributed by atoms with van der Waals surface area (Å²) in [6.07, 6.45) is 6.82. The largest absolute Gasteiger partial charge is 0.325 e. The smallest absolute Gasteiger partial charge is 0.0195 e. The quantitative estimate of drug-likeness (QED) is 0.708. The van der Waals surface area contributed by atoms with E-state index in [1.807, 2.05) is 6.92 Å². The van der Waals surface area contributed by atoms with E-state index in [4.69, 9.17) is 5.73 Å². The van der Waals surface area contributed by atoms with Gasteiger partial charge in [-0.15, -0.1) is 0 Å². The van der Waals surface area contributed by atoms with E-state index in [0.717, 1.165) is 0 Å². The van der Waals surface area contributed by atoms with Crippen LogP contribution < -0.4 is 5.73 Å². The normalized spacial score (nSPS) is 22.6. The summed E-state index contributed by atoms with van der Waals surface area (Å²) in [5.74, 6) is 0.595. The summed E-state index contributed by atoms with van der Waals surface area (Å²) in [6.45, 7) is 2.01. The third-order valence-corrected chi connectivity index (χ3v) is 2.83. The Bertz CT molecular complexity index is 339. The summed E-state index contributed by atoms with van der Waals surface area (Å²) < 4.78 is 0. The molecule has 0 saturated heterocycles. The summed E-state index contributed by atoms with van der Waals surface area (Å²) >= 11 is 0. The number of benzene rings is 1. The highest BCUT2D eigenvalue weighted by molar-refractivity contribution is 5.37. The molecule has 1 aromatic rings. The van der Waals surface area contributed by atoms with E-state index in [1.54, 1.807) is 0 Å². The van der Waals surface area contributed by atoms with Gasteiger partial charge in [0, 0.05) is 12.0 Å². The van der Waals surface area contributed by atoms with E-state index < -0.39 is 0 Å². The van der Waals surface area contributed by atoms with Crippen LogP contribution in [-0.4, -0.2) is 6.04 Å². The van der Waals surface area contributed by atoms with Crippen LogP contribution in [0.4, 0.5) is 0 Å². The average molecular weight is 187 g/mol. The highest BCUT2D eigenvalue weighted by Gasteiger charge is 2.18. The maximum absolute atomic E-state index is 5.70. The number of rotatable bonds is 2. The van der Waals surface area contributed by atoms with Crippen LogP contribution in [-0.2, 0) is 6.42 Å². The molecule has 0 aliphatic heterocycles. The SMILES string of the molecule is CC(N)/C=C/C1CCc2ccccc21. The van der Waals surface area contributed by atoms with Crippen LogP contribution in [0, 0.1) is 0 Å². The number of aryl methyl sites for hydroxylation is 1. The summed E-state index contributed by atoms with van der Waals surface area (Å²) in [4.78, 5) is 0. The lowest BCUT2D eigenvalue weighted by molar-refractivity contribution is 0.802. The van der Waals surface area contributed by atoms with Gasteiger partial charge in [-0.05, 0) is 30.9 Å². The van der Waals surface area contributed by atoms with Crippen molar-refractivity contribution in [3.05, 3.63) is 47.5 Å². The van der Waals surface area contributed by atoms with Crippen molar-refractivity contribution in [2.75, 3.05) is 0 Å². The summed E-state index contributed by atoms with van der Waals surface area (Å²) in [7, 11) is 0. The summed E-state index contributed by atoms with van der Waals surface area (Å²) in [5.41, 5.74) is 8.70. The average Bonchev–Trinajstić information content (AvgIpc) is 2.58. The van der Waals surface area contributed by atoms with Gasteiger partial charge in [-0.1, -0.05) is 36.4 Å². The minimum Gasteiger partial charge on any atom is -0.325 e. The number of nitrogens with two attached hydrogens (primary N) is 1. The van der Waals surface area contributed by atoms with Crippen molar-refractivity contribution < 1.29 is 0 Å². The molecule has 0 fully saturated rings. The monoisotopic (exact) mass is 187 g/mol. The van der Waals surface area contributed by atoms with Crippen molar-refractivity contribution in [2.24, 2.45) is 5.73 Å². The van der Waals surface area contributed by atoms with Gasteiger partial charge in [-0.25, -0.2) is 0 Å². The van der Waals surface area contributed by atoms with E-state index in [0.29, 0.717) is 5.92 Å². The molecule has 1 aliphatic rings. The fraction of sp³-hybridized carbons (Fsp3) is 0.385. The van der Waals surface area contributed by atoms with Crippen molar-refractivity contribution in [1.29, 1.82) is 0 Å². The molecule has 0 heterocycles. The Morgan fingerprint density at radius 2 is 2.21 bits per heavy atom. The maximum atomic E-state index is 5.70. The van der Waals surface area contributed by atoms with E-state index in [1.165, 1.54) is 24.0 Å². The minimum absolute atomic E-state index is 0.169. The molecule has 2 unspecified atom stereocenters. The van der Waals surface area contributed by atoms with Crippen LogP contribution in [0.15, 0.2) is 36.4 Å². The molecular weight excluding hydrogens is 170 g/mol. The zero-order valence-corrected chi connectivity index (χ0v) is 8.61. The Morgan fingerprint density at radius 1 is 1.43 bits per heavy atom. The van der Waals surface area contributed by atoms with E-state index >= 15 is 0 Å². The molecule has 1 nitrogen and oxygen atoms in total. The van der Waals surface area contributed by atoms with Crippen molar-refractivity contribution in [1.82, 2.24) is 0 Å². The van der Waals surface area contributed by atoms with Crippen molar-refractivity contribution >= 4 is 0 Å². The van der Waals surface area contributed by atoms with Crippen molar-refractivity contribution in [3.8, 4) is 0 Å². The Hall–Kier alpha value is -1.08. The van der Waals surface area contributed by atoms with E-state index in [9.17, 15) is 0 Å². The maximum Gasteiger partial charge on any atom is 0.0195 e. The third-order valence-electron chi connectivity index (χ3n) is 2.83. The first-order valence-corrected chi connectivity index (χ1v) is 5.29. The number of allylic oxidation sites excluding steroid dienone is 1. The number of hydrogen-bond acceptors (Lipinski definition) is 1.